The number of hydrogen-bond donors (Lipinski definition) is 0. The summed E-state index contributed by atoms with van der Waals surface area (Å²) in [6.07, 6.45) is 0. The second-order valence-electron chi connectivity index (χ2n) is 3.59. The number of methoxy groups -OCH3 is 2. The quantitative estimate of drug-likeness (QED) is 0.735. The van der Waals surface area contributed by atoms with Crippen LogP contribution in [-0.4, -0.2) is 14.2 Å². The van der Waals surface area contributed by atoms with E-state index in [4.69, 9.17) is 13.1 Å². The van der Waals surface area contributed by atoms with Crippen LogP contribution in [0.15, 0.2) is 58.3 Å². The lowest BCUT2D eigenvalue weighted by Crippen LogP contribution is -1.83. The normalized spacial score (nSPS) is 10.2. The maximum absolute atomic E-state index is 5.53. The van der Waals surface area contributed by atoms with Crippen LogP contribution in [0.2, 0.25) is 0 Å². The first-order valence-corrected chi connectivity index (χ1v) is 7.09. The molecule has 0 aliphatic rings. The highest BCUT2D eigenvalue weighted by Gasteiger charge is 2.01. The number of hydrogen-bond acceptors (Lipinski definition) is 5. The van der Waals surface area contributed by atoms with Gasteiger partial charge in [0.1, 0.15) is 11.5 Å². The van der Waals surface area contributed by atoms with Crippen LogP contribution in [0.25, 0.3) is 0 Å². The summed E-state index contributed by atoms with van der Waals surface area (Å²) in [4.78, 5) is 1.99. The molecule has 2 aromatic rings. The average Bonchev–Trinajstić information content (AvgIpc) is 2.48. The van der Waals surface area contributed by atoms with E-state index in [1.54, 1.807) is 14.2 Å². The third-order valence-corrected chi connectivity index (χ3v) is 3.78. The summed E-state index contributed by atoms with van der Waals surface area (Å²) >= 11 is 2.60. The van der Waals surface area contributed by atoms with E-state index in [0.717, 1.165) is 21.3 Å². The Bertz CT molecular complexity index is 484. The Balaban J connectivity index is 1.88. The van der Waals surface area contributed by atoms with E-state index >= 15 is 0 Å². The molecule has 0 aromatic heterocycles. The number of ether oxygens (including phenoxy) is 2. The fraction of sp³-hybridized carbons (Fsp3) is 0.143. The van der Waals surface area contributed by atoms with Gasteiger partial charge in [-0.2, -0.15) is 0 Å². The van der Waals surface area contributed by atoms with Gasteiger partial charge in [0.15, 0.2) is 0 Å². The SMILES string of the molecule is COc1cccc(SOSc2cccc(OC)c2)c1. The zero-order valence-corrected chi connectivity index (χ0v) is 12.3. The number of rotatable bonds is 6. The van der Waals surface area contributed by atoms with E-state index in [1.807, 2.05) is 48.5 Å². The Hall–Kier alpha value is -1.30. The molecule has 0 unspecified atom stereocenters. The topological polar surface area (TPSA) is 27.7 Å². The van der Waals surface area contributed by atoms with Crippen LogP contribution in [-0.2, 0) is 3.63 Å². The van der Waals surface area contributed by atoms with Crippen molar-refractivity contribution in [3.63, 3.8) is 0 Å². The molecule has 0 radical (unpaired) electrons. The van der Waals surface area contributed by atoms with Gasteiger partial charge >= 0.3 is 0 Å². The maximum atomic E-state index is 5.53. The minimum atomic E-state index is 0.819. The van der Waals surface area contributed by atoms with Gasteiger partial charge in [-0.15, -0.1) is 0 Å². The molecule has 0 spiro atoms. The summed E-state index contributed by atoms with van der Waals surface area (Å²) in [5, 5.41) is 0. The van der Waals surface area contributed by atoms with Gasteiger partial charge in [-0.3, -0.25) is 0 Å². The standard InChI is InChI=1S/C14H14O3S2/c1-15-11-5-3-7-13(9-11)18-17-19-14-8-4-6-12(10-14)16-2/h3-10H,1-2H3. The molecule has 100 valence electrons. The van der Waals surface area contributed by atoms with Gasteiger partial charge in [-0.25, -0.2) is 3.63 Å². The Morgan fingerprint density at radius 3 is 1.63 bits per heavy atom. The monoisotopic (exact) mass is 294 g/mol. The van der Waals surface area contributed by atoms with E-state index in [0.29, 0.717) is 0 Å². The first kappa shape index (κ1) is 14.1. The predicted octanol–water partition coefficient (Wildman–Crippen LogP) is 4.43. The van der Waals surface area contributed by atoms with Gasteiger partial charge in [0.2, 0.25) is 0 Å². The molecule has 0 heterocycles. The van der Waals surface area contributed by atoms with Crippen LogP contribution in [0.4, 0.5) is 0 Å². The van der Waals surface area contributed by atoms with Crippen molar-refractivity contribution < 1.29 is 13.1 Å². The second-order valence-corrected chi connectivity index (χ2v) is 5.41. The molecular weight excluding hydrogens is 280 g/mol. The van der Waals surface area contributed by atoms with E-state index in [-0.39, 0.29) is 0 Å². The van der Waals surface area contributed by atoms with Crippen molar-refractivity contribution in [3.8, 4) is 11.5 Å². The third-order valence-electron chi connectivity index (χ3n) is 2.34. The van der Waals surface area contributed by atoms with Gasteiger partial charge < -0.3 is 9.47 Å². The third kappa shape index (κ3) is 4.38. The van der Waals surface area contributed by atoms with Gasteiger partial charge in [0.25, 0.3) is 0 Å². The number of benzene rings is 2. The summed E-state index contributed by atoms with van der Waals surface area (Å²) < 4.78 is 15.8. The summed E-state index contributed by atoms with van der Waals surface area (Å²) in [6.45, 7) is 0. The molecule has 0 saturated heterocycles. The molecule has 0 atom stereocenters. The minimum absolute atomic E-state index is 0.819. The van der Waals surface area contributed by atoms with Crippen molar-refractivity contribution in [1.29, 1.82) is 0 Å². The van der Waals surface area contributed by atoms with Crippen molar-refractivity contribution in [3.05, 3.63) is 48.5 Å². The zero-order chi connectivity index (χ0) is 13.5. The first-order chi connectivity index (χ1) is 9.31. The average molecular weight is 294 g/mol. The Morgan fingerprint density at radius 1 is 0.737 bits per heavy atom. The molecule has 2 aromatic carbocycles. The molecular formula is C14H14O3S2. The first-order valence-electron chi connectivity index (χ1n) is 5.61. The lowest BCUT2D eigenvalue weighted by molar-refractivity contribution is 0.413. The van der Waals surface area contributed by atoms with E-state index in [9.17, 15) is 0 Å². The summed E-state index contributed by atoms with van der Waals surface area (Å²) in [5.41, 5.74) is 0. The van der Waals surface area contributed by atoms with Crippen LogP contribution < -0.4 is 9.47 Å². The van der Waals surface area contributed by atoms with E-state index in [2.05, 4.69) is 0 Å². The maximum Gasteiger partial charge on any atom is 0.120 e. The van der Waals surface area contributed by atoms with Gasteiger partial charge in [0, 0.05) is 33.9 Å². The predicted molar refractivity (Wildman–Crippen MR) is 78.8 cm³/mol. The van der Waals surface area contributed by atoms with Crippen molar-refractivity contribution in [2.45, 2.75) is 9.79 Å². The molecule has 19 heavy (non-hydrogen) atoms. The van der Waals surface area contributed by atoms with Crippen molar-refractivity contribution in [1.82, 2.24) is 0 Å². The Labute approximate surface area is 121 Å². The van der Waals surface area contributed by atoms with Gasteiger partial charge in [-0.05, 0) is 36.4 Å². The zero-order valence-electron chi connectivity index (χ0n) is 10.7. The van der Waals surface area contributed by atoms with Crippen LogP contribution in [0, 0.1) is 0 Å². The molecule has 0 saturated carbocycles. The van der Waals surface area contributed by atoms with Gasteiger partial charge in [0.05, 0.1) is 14.2 Å². The fourth-order valence-corrected chi connectivity index (χ4v) is 2.76. The summed E-state index contributed by atoms with van der Waals surface area (Å²) in [7, 11) is 3.30. The summed E-state index contributed by atoms with van der Waals surface area (Å²) in [6, 6.07) is 15.5. The smallest absolute Gasteiger partial charge is 0.120 e. The van der Waals surface area contributed by atoms with E-state index in [1.165, 1.54) is 24.1 Å². The highest BCUT2D eigenvalue weighted by Crippen LogP contribution is 2.32. The van der Waals surface area contributed by atoms with Crippen LogP contribution in [0.3, 0.4) is 0 Å². The van der Waals surface area contributed by atoms with Crippen LogP contribution in [0.5, 0.6) is 11.5 Å². The minimum Gasteiger partial charge on any atom is -0.497 e. The Kier molecular flexibility index (Phi) is 5.44. The molecule has 3 nitrogen and oxygen atoms in total. The van der Waals surface area contributed by atoms with Gasteiger partial charge in [-0.1, -0.05) is 12.1 Å². The van der Waals surface area contributed by atoms with Crippen LogP contribution in [0.1, 0.15) is 0 Å². The molecule has 0 aliphatic heterocycles. The lowest BCUT2D eigenvalue weighted by atomic mass is 10.3. The lowest BCUT2D eigenvalue weighted by Gasteiger charge is -2.05. The largest absolute Gasteiger partial charge is 0.497 e. The highest BCUT2D eigenvalue weighted by molar-refractivity contribution is 8.07. The molecule has 0 amide bonds. The highest BCUT2D eigenvalue weighted by atomic mass is 32.2. The molecule has 0 aliphatic carbocycles. The molecule has 0 fully saturated rings. The molecule has 0 N–H and O–H groups in total. The second kappa shape index (κ2) is 7.33. The van der Waals surface area contributed by atoms with Crippen molar-refractivity contribution in [2.75, 3.05) is 14.2 Å². The fourth-order valence-electron chi connectivity index (χ4n) is 1.40. The Morgan fingerprint density at radius 2 is 1.21 bits per heavy atom. The van der Waals surface area contributed by atoms with Crippen molar-refractivity contribution in [2.24, 2.45) is 0 Å². The van der Waals surface area contributed by atoms with Crippen molar-refractivity contribution >= 4 is 24.1 Å². The molecule has 0 bridgehead atoms. The molecule has 2 rings (SSSR count). The molecule has 5 heteroatoms. The van der Waals surface area contributed by atoms with E-state index < -0.39 is 0 Å². The van der Waals surface area contributed by atoms with Crippen LogP contribution >= 0.6 is 24.1 Å². The summed E-state index contributed by atoms with van der Waals surface area (Å²) in [5.74, 6) is 1.64.